The number of nitrogens with one attached hydrogen (secondary N) is 1. The van der Waals surface area contributed by atoms with Gasteiger partial charge in [-0.3, -0.25) is 4.79 Å². The molecule has 30 heavy (non-hydrogen) atoms. The first-order valence-corrected chi connectivity index (χ1v) is 10.5. The van der Waals surface area contributed by atoms with Crippen LogP contribution < -0.4 is 15.1 Å². The molecule has 0 radical (unpaired) electrons. The van der Waals surface area contributed by atoms with Crippen LogP contribution in [0.2, 0.25) is 0 Å². The molecule has 0 spiro atoms. The number of anilines is 2. The topological polar surface area (TPSA) is 48.5 Å². The first-order chi connectivity index (χ1) is 14.6. The van der Waals surface area contributed by atoms with Crippen LogP contribution in [0.15, 0.2) is 54.7 Å². The molecule has 5 nitrogen and oxygen atoms in total. The second-order valence-corrected chi connectivity index (χ2v) is 7.78. The number of hydrogen-bond donors (Lipinski definition) is 1. The van der Waals surface area contributed by atoms with E-state index in [0.29, 0.717) is 24.3 Å². The van der Waals surface area contributed by atoms with Crippen molar-refractivity contribution in [1.29, 1.82) is 0 Å². The van der Waals surface area contributed by atoms with E-state index in [1.165, 1.54) is 6.07 Å². The van der Waals surface area contributed by atoms with Gasteiger partial charge in [-0.2, -0.15) is 0 Å². The third-order valence-electron chi connectivity index (χ3n) is 5.77. The highest BCUT2D eigenvalue weighted by molar-refractivity contribution is 6.01. The highest BCUT2D eigenvalue weighted by atomic mass is 19.1. The number of piperazine rings is 1. The molecule has 1 amide bonds. The Morgan fingerprint density at radius 3 is 2.57 bits per heavy atom. The molecule has 1 unspecified atom stereocenters. The maximum Gasteiger partial charge on any atom is 0.251 e. The Morgan fingerprint density at radius 1 is 1.10 bits per heavy atom. The Labute approximate surface area is 176 Å². The number of hydrogen-bond acceptors (Lipinski definition) is 4. The van der Waals surface area contributed by atoms with Gasteiger partial charge in [0, 0.05) is 49.4 Å². The van der Waals surface area contributed by atoms with Gasteiger partial charge < -0.3 is 15.1 Å². The molecule has 156 valence electrons. The van der Waals surface area contributed by atoms with Crippen molar-refractivity contribution in [2.24, 2.45) is 0 Å². The largest absolute Gasteiger partial charge is 0.366 e. The quantitative estimate of drug-likeness (QED) is 0.689. The predicted molar refractivity (Wildman–Crippen MR) is 120 cm³/mol. The second kappa shape index (κ2) is 8.69. The van der Waals surface area contributed by atoms with E-state index in [9.17, 15) is 9.18 Å². The van der Waals surface area contributed by atoms with Gasteiger partial charge in [-0.05, 0) is 49.1 Å². The molecule has 1 aromatic heterocycles. The Kier molecular flexibility index (Phi) is 5.84. The molecule has 2 aromatic carbocycles. The molecule has 4 rings (SSSR count). The normalized spacial score (nSPS) is 15.3. The number of rotatable bonds is 5. The van der Waals surface area contributed by atoms with E-state index in [1.54, 1.807) is 12.3 Å². The zero-order chi connectivity index (χ0) is 21.1. The molecule has 1 atom stereocenters. The van der Waals surface area contributed by atoms with Gasteiger partial charge in [-0.25, -0.2) is 9.37 Å². The lowest BCUT2D eigenvalue weighted by Gasteiger charge is -2.37. The highest BCUT2D eigenvalue weighted by Crippen LogP contribution is 2.28. The minimum Gasteiger partial charge on any atom is -0.366 e. The molecular formula is C24H27FN4O. The smallest absolute Gasteiger partial charge is 0.251 e. The van der Waals surface area contributed by atoms with Crippen LogP contribution in [0.4, 0.5) is 15.9 Å². The molecule has 1 saturated heterocycles. The predicted octanol–water partition coefficient (Wildman–Crippen LogP) is 4.23. The van der Waals surface area contributed by atoms with Crippen molar-refractivity contribution in [1.82, 2.24) is 10.3 Å². The minimum atomic E-state index is -0.189. The number of benzene rings is 2. The fourth-order valence-corrected chi connectivity index (χ4v) is 3.82. The van der Waals surface area contributed by atoms with Crippen LogP contribution in [0, 0.1) is 5.82 Å². The zero-order valence-electron chi connectivity index (χ0n) is 17.4. The number of pyridine rings is 1. The molecule has 3 aromatic rings. The van der Waals surface area contributed by atoms with Gasteiger partial charge in [-0.1, -0.05) is 25.1 Å². The second-order valence-electron chi connectivity index (χ2n) is 7.78. The van der Waals surface area contributed by atoms with Gasteiger partial charge in [0.2, 0.25) is 0 Å². The zero-order valence-corrected chi connectivity index (χ0v) is 17.4. The Hall–Kier alpha value is -3.15. The molecule has 1 aliphatic heterocycles. The number of amides is 1. The van der Waals surface area contributed by atoms with Crippen molar-refractivity contribution in [3.8, 4) is 0 Å². The summed E-state index contributed by atoms with van der Waals surface area (Å²) in [6, 6.07) is 14.8. The van der Waals surface area contributed by atoms with Crippen molar-refractivity contribution in [2.75, 3.05) is 36.0 Å². The Bertz CT molecular complexity index is 1050. The van der Waals surface area contributed by atoms with Crippen LogP contribution in [-0.2, 0) is 0 Å². The average molecular weight is 407 g/mol. The van der Waals surface area contributed by atoms with E-state index in [0.717, 1.165) is 36.1 Å². The summed E-state index contributed by atoms with van der Waals surface area (Å²) in [6.45, 7) is 6.96. The van der Waals surface area contributed by atoms with E-state index < -0.39 is 0 Å². The molecule has 1 N–H and O–H groups in total. The van der Waals surface area contributed by atoms with Crippen molar-refractivity contribution >= 4 is 28.2 Å². The van der Waals surface area contributed by atoms with E-state index in [1.807, 2.05) is 50.2 Å². The van der Waals surface area contributed by atoms with E-state index >= 15 is 0 Å². The van der Waals surface area contributed by atoms with Crippen LogP contribution in [-0.4, -0.2) is 43.1 Å². The summed E-state index contributed by atoms with van der Waals surface area (Å²) in [5.74, 6) is 0.621. The number of para-hydroxylation sites is 1. The summed E-state index contributed by atoms with van der Waals surface area (Å²) in [4.78, 5) is 21.5. The highest BCUT2D eigenvalue weighted by Gasteiger charge is 2.22. The van der Waals surface area contributed by atoms with Crippen molar-refractivity contribution < 1.29 is 9.18 Å². The maximum absolute atomic E-state index is 14.1. The van der Waals surface area contributed by atoms with Crippen LogP contribution >= 0.6 is 0 Å². The standard InChI is InChI=1S/C24H27FN4O/c1-3-17(2)27-24(30)19-9-8-18-10-11-26-23(20(18)16-19)29-14-12-28(13-15-29)22-7-5-4-6-21(22)25/h4-11,16-17H,3,12-15H2,1-2H3,(H,27,30). The van der Waals surface area contributed by atoms with E-state index in [-0.39, 0.29) is 17.8 Å². The fraction of sp³-hybridized carbons (Fsp3) is 0.333. The summed E-state index contributed by atoms with van der Waals surface area (Å²) >= 11 is 0. The Morgan fingerprint density at radius 2 is 1.83 bits per heavy atom. The summed E-state index contributed by atoms with van der Waals surface area (Å²) in [7, 11) is 0. The third-order valence-corrected chi connectivity index (χ3v) is 5.77. The third kappa shape index (κ3) is 4.08. The van der Waals surface area contributed by atoms with Crippen LogP contribution in [0.1, 0.15) is 30.6 Å². The molecular weight excluding hydrogens is 379 g/mol. The summed E-state index contributed by atoms with van der Waals surface area (Å²) in [6.07, 6.45) is 2.69. The van der Waals surface area contributed by atoms with Gasteiger partial charge in [0.15, 0.2) is 0 Å². The number of halogens is 1. The van der Waals surface area contributed by atoms with Gasteiger partial charge in [0.1, 0.15) is 11.6 Å². The molecule has 2 heterocycles. The first-order valence-electron chi connectivity index (χ1n) is 10.5. The summed E-state index contributed by atoms with van der Waals surface area (Å²) in [5, 5.41) is 5.04. The Balaban J connectivity index is 1.56. The maximum atomic E-state index is 14.1. The number of fused-ring (bicyclic) bond motifs is 1. The van der Waals surface area contributed by atoms with Gasteiger partial charge in [0.05, 0.1) is 5.69 Å². The first kappa shape index (κ1) is 20.1. The summed E-state index contributed by atoms with van der Waals surface area (Å²) in [5.41, 5.74) is 1.29. The fourth-order valence-electron chi connectivity index (χ4n) is 3.82. The van der Waals surface area contributed by atoms with Crippen LogP contribution in [0.3, 0.4) is 0 Å². The molecule has 0 bridgehead atoms. The van der Waals surface area contributed by atoms with Gasteiger partial charge in [-0.15, -0.1) is 0 Å². The number of carbonyl (C=O) groups is 1. The van der Waals surface area contributed by atoms with Crippen LogP contribution in [0.5, 0.6) is 0 Å². The van der Waals surface area contributed by atoms with Crippen molar-refractivity contribution in [3.05, 3.63) is 66.1 Å². The minimum absolute atomic E-state index is 0.0644. The average Bonchev–Trinajstić information content (AvgIpc) is 2.78. The molecule has 1 fully saturated rings. The number of carbonyl (C=O) groups excluding carboxylic acids is 1. The lowest BCUT2D eigenvalue weighted by molar-refractivity contribution is 0.0939. The van der Waals surface area contributed by atoms with Gasteiger partial charge >= 0.3 is 0 Å². The number of nitrogens with zero attached hydrogens (tertiary/aromatic N) is 3. The molecule has 0 aliphatic carbocycles. The molecule has 1 aliphatic rings. The van der Waals surface area contributed by atoms with Crippen molar-refractivity contribution in [3.63, 3.8) is 0 Å². The summed E-state index contributed by atoms with van der Waals surface area (Å²) < 4.78 is 14.1. The molecule has 6 heteroatoms. The SMILES string of the molecule is CCC(C)NC(=O)c1ccc2ccnc(N3CCN(c4ccccc4F)CC3)c2c1. The van der Waals surface area contributed by atoms with E-state index in [4.69, 9.17) is 0 Å². The van der Waals surface area contributed by atoms with Gasteiger partial charge in [0.25, 0.3) is 5.91 Å². The van der Waals surface area contributed by atoms with E-state index in [2.05, 4.69) is 20.1 Å². The van der Waals surface area contributed by atoms with Crippen molar-refractivity contribution in [2.45, 2.75) is 26.3 Å². The molecule has 0 saturated carbocycles. The lowest BCUT2D eigenvalue weighted by atomic mass is 10.1. The van der Waals surface area contributed by atoms with Crippen LogP contribution in [0.25, 0.3) is 10.8 Å². The monoisotopic (exact) mass is 406 g/mol. The number of aromatic nitrogens is 1. The lowest BCUT2D eigenvalue weighted by Crippen LogP contribution is -2.47.